The lowest BCUT2D eigenvalue weighted by atomic mass is 10.1. The van der Waals surface area contributed by atoms with Crippen molar-refractivity contribution >= 4 is 34.0 Å². The Kier molecular flexibility index (Phi) is 4.22. The topological polar surface area (TPSA) is 55.1 Å². The van der Waals surface area contributed by atoms with E-state index >= 15 is 0 Å². The summed E-state index contributed by atoms with van der Waals surface area (Å²) in [6, 6.07) is 6.16. The van der Waals surface area contributed by atoms with Crippen molar-refractivity contribution in [3.8, 4) is 0 Å². The first-order valence-corrected chi connectivity index (χ1v) is 7.53. The second-order valence-corrected chi connectivity index (χ2v) is 6.05. The molecule has 112 valence electrons. The van der Waals surface area contributed by atoms with E-state index in [1.165, 1.54) is 29.9 Å². The van der Waals surface area contributed by atoms with Crippen LogP contribution in [-0.2, 0) is 6.42 Å². The maximum atomic E-state index is 13.1. The van der Waals surface area contributed by atoms with Crippen LogP contribution < -0.4 is 5.32 Å². The third kappa shape index (κ3) is 3.35. The third-order valence-electron chi connectivity index (χ3n) is 2.92. The lowest BCUT2D eigenvalue weighted by Crippen LogP contribution is -2.10. The Hall–Kier alpha value is -2.18. The van der Waals surface area contributed by atoms with Gasteiger partial charge in [-0.2, -0.15) is 0 Å². The van der Waals surface area contributed by atoms with E-state index in [2.05, 4.69) is 10.3 Å². The van der Waals surface area contributed by atoms with E-state index in [1.807, 2.05) is 0 Å². The van der Waals surface area contributed by atoms with Crippen LogP contribution in [0.25, 0.3) is 0 Å². The van der Waals surface area contributed by atoms with Gasteiger partial charge in [-0.05, 0) is 23.8 Å². The van der Waals surface area contributed by atoms with Crippen molar-refractivity contribution in [1.29, 1.82) is 0 Å². The largest absolute Gasteiger partial charge is 0.472 e. The standard InChI is InChI=1S/C15H10ClFN2O2S/c16-12-6-9(1-2-13(12)17)5-11-7-18-15(22-11)19-14(20)10-3-4-21-8-10/h1-4,6-8H,5H2,(H,18,19,20). The molecule has 0 fully saturated rings. The molecular formula is C15H10ClFN2O2S. The minimum Gasteiger partial charge on any atom is -0.472 e. The normalized spacial score (nSPS) is 10.6. The predicted molar refractivity (Wildman–Crippen MR) is 83.0 cm³/mol. The van der Waals surface area contributed by atoms with E-state index in [4.69, 9.17) is 16.0 Å². The molecule has 0 atom stereocenters. The highest BCUT2D eigenvalue weighted by Gasteiger charge is 2.10. The molecule has 4 nitrogen and oxygen atoms in total. The Morgan fingerprint density at radius 1 is 1.41 bits per heavy atom. The number of aromatic nitrogens is 1. The van der Waals surface area contributed by atoms with Gasteiger partial charge in [0.05, 0.1) is 16.8 Å². The Balaban J connectivity index is 1.68. The minimum absolute atomic E-state index is 0.0931. The van der Waals surface area contributed by atoms with Gasteiger partial charge >= 0.3 is 0 Å². The van der Waals surface area contributed by atoms with E-state index in [1.54, 1.807) is 24.4 Å². The Labute approximate surface area is 134 Å². The lowest BCUT2D eigenvalue weighted by Gasteiger charge is -2.00. The summed E-state index contributed by atoms with van der Waals surface area (Å²) in [4.78, 5) is 16.9. The number of halogens is 2. The fourth-order valence-electron chi connectivity index (χ4n) is 1.86. The molecule has 0 spiro atoms. The van der Waals surface area contributed by atoms with Gasteiger partial charge in [-0.1, -0.05) is 17.7 Å². The van der Waals surface area contributed by atoms with Gasteiger partial charge < -0.3 is 4.42 Å². The highest BCUT2D eigenvalue weighted by atomic mass is 35.5. The Morgan fingerprint density at radius 2 is 2.27 bits per heavy atom. The summed E-state index contributed by atoms with van der Waals surface area (Å²) in [5.74, 6) is -0.720. The minimum atomic E-state index is -0.442. The second-order valence-electron chi connectivity index (χ2n) is 4.52. The van der Waals surface area contributed by atoms with Gasteiger partial charge in [-0.15, -0.1) is 11.3 Å². The number of nitrogens with zero attached hydrogens (tertiary/aromatic N) is 1. The van der Waals surface area contributed by atoms with Crippen LogP contribution in [0, 0.1) is 5.82 Å². The van der Waals surface area contributed by atoms with Gasteiger partial charge in [0.25, 0.3) is 5.91 Å². The highest BCUT2D eigenvalue weighted by Crippen LogP contribution is 2.24. The van der Waals surface area contributed by atoms with Crippen molar-refractivity contribution < 1.29 is 13.6 Å². The van der Waals surface area contributed by atoms with Crippen LogP contribution in [0.4, 0.5) is 9.52 Å². The van der Waals surface area contributed by atoms with E-state index in [0.29, 0.717) is 17.1 Å². The summed E-state index contributed by atoms with van der Waals surface area (Å²) in [5, 5.41) is 3.28. The first kappa shape index (κ1) is 14.7. The van der Waals surface area contributed by atoms with Crippen LogP contribution in [0.3, 0.4) is 0 Å². The monoisotopic (exact) mass is 336 g/mol. The van der Waals surface area contributed by atoms with Crippen molar-refractivity contribution in [1.82, 2.24) is 4.98 Å². The number of carbonyl (C=O) groups excluding carboxylic acids is 1. The van der Waals surface area contributed by atoms with Crippen LogP contribution in [0.15, 0.2) is 47.4 Å². The number of anilines is 1. The molecule has 0 aliphatic rings. The van der Waals surface area contributed by atoms with Crippen LogP contribution >= 0.6 is 22.9 Å². The van der Waals surface area contributed by atoms with Crippen LogP contribution in [0.1, 0.15) is 20.8 Å². The Morgan fingerprint density at radius 3 is 3.00 bits per heavy atom. The molecule has 0 radical (unpaired) electrons. The summed E-state index contributed by atoms with van der Waals surface area (Å²) >= 11 is 7.11. The molecule has 22 heavy (non-hydrogen) atoms. The van der Waals surface area contributed by atoms with Crippen molar-refractivity contribution in [3.05, 3.63) is 69.8 Å². The van der Waals surface area contributed by atoms with Crippen LogP contribution in [0.5, 0.6) is 0 Å². The molecule has 1 amide bonds. The molecule has 0 saturated carbocycles. The second kappa shape index (κ2) is 6.29. The average molecular weight is 337 g/mol. The van der Waals surface area contributed by atoms with Crippen LogP contribution in [0.2, 0.25) is 5.02 Å². The molecule has 0 saturated heterocycles. The Bertz CT molecular complexity index is 802. The van der Waals surface area contributed by atoms with Gasteiger partial charge in [0, 0.05) is 17.5 Å². The van der Waals surface area contributed by atoms with E-state index in [-0.39, 0.29) is 10.9 Å². The summed E-state index contributed by atoms with van der Waals surface area (Å²) in [5.41, 5.74) is 1.31. The lowest BCUT2D eigenvalue weighted by molar-refractivity contribution is 0.102. The van der Waals surface area contributed by atoms with Crippen molar-refractivity contribution in [2.75, 3.05) is 5.32 Å². The maximum absolute atomic E-state index is 13.1. The van der Waals surface area contributed by atoms with Gasteiger partial charge in [-0.25, -0.2) is 9.37 Å². The summed E-state index contributed by atoms with van der Waals surface area (Å²) in [7, 11) is 0. The predicted octanol–water partition coefficient (Wildman–Crippen LogP) is 4.37. The molecule has 2 aromatic heterocycles. The number of rotatable bonds is 4. The molecule has 1 N–H and O–H groups in total. The fourth-order valence-corrected chi connectivity index (χ4v) is 2.91. The van der Waals surface area contributed by atoms with E-state index in [9.17, 15) is 9.18 Å². The van der Waals surface area contributed by atoms with E-state index in [0.717, 1.165) is 10.4 Å². The zero-order chi connectivity index (χ0) is 15.5. The number of benzene rings is 1. The van der Waals surface area contributed by atoms with Crippen molar-refractivity contribution in [2.45, 2.75) is 6.42 Å². The third-order valence-corrected chi connectivity index (χ3v) is 4.12. The summed E-state index contributed by atoms with van der Waals surface area (Å²) < 4.78 is 18.0. The molecule has 3 aromatic rings. The number of hydrogen-bond acceptors (Lipinski definition) is 4. The molecule has 2 heterocycles. The van der Waals surface area contributed by atoms with Gasteiger partial charge in [0.1, 0.15) is 12.1 Å². The van der Waals surface area contributed by atoms with E-state index < -0.39 is 5.82 Å². The molecule has 0 unspecified atom stereocenters. The number of furan rings is 1. The van der Waals surface area contributed by atoms with Gasteiger partial charge in [0.15, 0.2) is 5.13 Å². The highest BCUT2D eigenvalue weighted by molar-refractivity contribution is 7.15. The first-order valence-electron chi connectivity index (χ1n) is 6.34. The number of hydrogen-bond donors (Lipinski definition) is 1. The average Bonchev–Trinajstić information content (AvgIpc) is 3.15. The molecule has 7 heteroatoms. The molecular weight excluding hydrogens is 327 g/mol. The summed E-state index contributed by atoms with van der Waals surface area (Å²) in [6.45, 7) is 0. The molecule has 1 aromatic carbocycles. The quantitative estimate of drug-likeness (QED) is 0.769. The molecule has 0 bridgehead atoms. The summed E-state index contributed by atoms with van der Waals surface area (Å²) in [6.07, 6.45) is 5.04. The van der Waals surface area contributed by atoms with Gasteiger partial charge in [0.2, 0.25) is 0 Å². The fraction of sp³-hybridized carbons (Fsp3) is 0.0667. The smallest absolute Gasteiger partial charge is 0.260 e. The maximum Gasteiger partial charge on any atom is 0.260 e. The van der Waals surface area contributed by atoms with Crippen molar-refractivity contribution in [2.24, 2.45) is 0 Å². The van der Waals surface area contributed by atoms with Gasteiger partial charge in [-0.3, -0.25) is 10.1 Å². The molecule has 0 aliphatic heterocycles. The number of carbonyl (C=O) groups is 1. The molecule has 3 rings (SSSR count). The number of amides is 1. The molecule has 0 aliphatic carbocycles. The first-order chi connectivity index (χ1) is 10.6. The van der Waals surface area contributed by atoms with Crippen LogP contribution in [-0.4, -0.2) is 10.9 Å². The SMILES string of the molecule is O=C(Nc1ncc(Cc2ccc(F)c(Cl)c2)s1)c1ccoc1. The zero-order valence-electron chi connectivity index (χ0n) is 11.2. The number of thiazole rings is 1. The van der Waals surface area contributed by atoms with Crippen molar-refractivity contribution in [3.63, 3.8) is 0 Å². The zero-order valence-corrected chi connectivity index (χ0v) is 12.7. The number of nitrogens with one attached hydrogen (secondary N) is 1.